The van der Waals surface area contributed by atoms with Crippen molar-refractivity contribution in [3.63, 3.8) is 0 Å². The number of benzene rings is 3. The summed E-state index contributed by atoms with van der Waals surface area (Å²) in [6.45, 7) is 4.25. The molecule has 3 aromatic carbocycles. The lowest BCUT2D eigenvalue weighted by molar-refractivity contribution is 0.0949. The quantitative estimate of drug-likeness (QED) is 0.682. The molecule has 0 saturated heterocycles. The third kappa shape index (κ3) is 5.04. The molecular weight excluding hydrogens is 355 g/mol. The summed E-state index contributed by atoms with van der Waals surface area (Å²) in [6, 6.07) is 18.2. The fourth-order valence-electron chi connectivity index (χ4n) is 2.91. The van der Waals surface area contributed by atoms with Crippen LogP contribution in [0.2, 0.25) is 0 Å². The van der Waals surface area contributed by atoms with Gasteiger partial charge in [0, 0.05) is 23.4 Å². The first-order chi connectivity index (χ1) is 13.4. The van der Waals surface area contributed by atoms with E-state index in [2.05, 4.69) is 10.6 Å². The zero-order valence-corrected chi connectivity index (χ0v) is 15.8. The summed E-state index contributed by atoms with van der Waals surface area (Å²) in [5.41, 5.74) is 4.61. The standard InChI is InChI=1S/C23H21FN2O2/c1-15-11-16(2)13-21(12-15)26-23(28)19-7-5-18(6-8-19)22(27)25-14-17-3-9-20(24)10-4-17/h3-13H,14H2,1-2H3,(H,25,27)(H,26,28). The second kappa shape index (κ2) is 8.48. The Morgan fingerprint density at radius 1 is 0.786 bits per heavy atom. The number of aryl methyl sites for hydroxylation is 2. The van der Waals surface area contributed by atoms with Gasteiger partial charge in [0.1, 0.15) is 5.82 Å². The Morgan fingerprint density at radius 2 is 1.32 bits per heavy atom. The van der Waals surface area contributed by atoms with Crippen molar-refractivity contribution in [3.05, 3.63) is 100 Å². The first-order valence-electron chi connectivity index (χ1n) is 8.93. The largest absolute Gasteiger partial charge is 0.348 e. The summed E-state index contributed by atoms with van der Waals surface area (Å²) in [6.07, 6.45) is 0. The number of halogens is 1. The van der Waals surface area contributed by atoms with Crippen LogP contribution >= 0.6 is 0 Å². The minimum absolute atomic E-state index is 0.233. The Hall–Kier alpha value is -3.47. The Morgan fingerprint density at radius 3 is 1.89 bits per heavy atom. The highest BCUT2D eigenvalue weighted by molar-refractivity contribution is 6.05. The molecule has 0 saturated carbocycles. The second-order valence-electron chi connectivity index (χ2n) is 6.72. The predicted octanol–water partition coefficient (Wildman–Crippen LogP) is 4.62. The molecule has 0 aliphatic heterocycles. The van der Waals surface area contributed by atoms with Crippen LogP contribution < -0.4 is 10.6 Å². The molecule has 3 rings (SSSR count). The van der Waals surface area contributed by atoms with Gasteiger partial charge in [-0.05, 0) is 79.1 Å². The van der Waals surface area contributed by atoms with Crippen LogP contribution in [0.1, 0.15) is 37.4 Å². The number of nitrogens with one attached hydrogen (secondary N) is 2. The van der Waals surface area contributed by atoms with Gasteiger partial charge in [0.05, 0.1) is 0 Å². The van der Waals surface area contributed by atoms with Gasteiger partial charge < -0.3 is 10.6 Å². The SMILES string of the molecule is Cc1cc(C)cc(NC(=O)c2ccc(C(=O)NCc3ccc(F)cc3)cc2)c1. The van der Waals surface area contributed by atoms with Gasteiger partial charge in [0.15, 0.2) is 0 Å². The van der Waals surface area contributed by atoms with Crippen molar-refractivity contribution in [2.75, 3.05) is 5.32 Å². The zero-order valence-electron chi connectivity index (χ0n) is 15.8. The van der Waals surface area contributed by atoms with Crippen molar-refractivity contribution < 1.29 is 14.0 Å². The molecule has 0 aliphatic carbocycles. The highest BCUT2D eigenvalue weighted by Crippen LogP contribution is 2.15. The van der Waals surface area contributed by atoms with E-state index >= 15 is 0 Å². The Labute approximate surface area is 163 Å². The lowest BCUT2D eigenvalue weighted by atomic mass is 10.1. The fourth-order valence-corrected chi connectivity index (χ4v) is 2.91. The third-order valence-corrected chi connectivity index (χ3v) is 4.26. The van der Waals surface area contributed by atoms with Gasteiger partial charge in [-0.2, -0.15) is 0 Å². The van der Waals surface area contributed by atoms with E-state index in [0.29, 0.717) is 17.7 Å². The van der Waals surface area contributed by atoms with E-state index in [0.717, 1.165) is 22.4 Å². The van der Waals surface area contributed by atoms with Crippen molar-refractivity contribution in [1.29, 1.82) is 0 Å². The van der Waals surface area contributed by atoms with Crippen LogP contribution in [0.5, 0.6) is 0 Å². The lowest BCUT2D eigenvalue weighted by Crippen LogP contribution is -2.23. The van der Waals surface area contributed by atoms with Crippen molar-refractivity contribution in [2.45, 2.75) is 20.4 Å². The first-order valence-corrected chi connectivity index (χ1v) is 8.93. The van der Waals surface area contributed by atoms with E-state index in [-0.39, 0.29) is 17.6 Å². The Kier molecular flexibility index (Phi) is 5.84. The van der Waals surface area contributed by atoms with Crippen LogP contribution in [0.3, 0.4) is 0 Å². The fraction of sp³-hybridized carbons (Fsp3) is 0.130. The summed E-state index contributed by atoms with van der Waals surface area (Å²) in [5.74, 6) is -0.807. The molecule has 2 N–H and O–H groups in total. The number of carbonyl (C=O) groups excluding carboxylic acids is 2. The number of rotatable bonds is 5. The van der Waals surface area contributed by atoms with Gasteiger partial charge in [-0.25, -0.2) is 4.39 Å². The van der Waals surface area contributed by atoms with Gasteiger partial charge in [0.25, 0.3) is 11.8 Å². The number of hydrogen-bond acceptors (Lipinski definition) is 2. The van der Waals surface area contributed by atoms with E-state index in [1.165, 1.54) is 12.1 Å². The number of carbonyl (C=O) groups is 2. The number of anilines is 1. The average Bonchev–Trinajstić information content (AvgIpc) is 2.66. The molecule has 2 amide bonds. The topological polar surface area (TPSA) is 58.2 Å². The summed E-state index contributed by atoms with van der Waals surface area (Å²) < 4.78 is 12.9. The zero-order chi connectivity index (χ0) is 20.1. The summed E-state index contributed by atoms with van der Waals surface area (Å²) in [5, 5.41) is 5.64. The average molecular weight is 376 g/mol. The van der Waals surface area contributed by atoms with E-state index in [1.807, 2.05) is 32.0 Å². The molecule has 142 valence electrons. The minimum atomic E-state index is -0.315. The van der Waals surface area contributed by atoms with Crippen LogP contribution in [0.25, 0.3) is 0 Å². The smallest absolute Gasteiger partial charge is 0.255 e. The molecule has 3 aromatic rings. The summed E-state index contributed by atoms with van der Waals surface area (Å²) in [7, 11) is 0. The Balaban J connectivity index is 1.61. The van der Waals surface area contributed by atoms with E-state index in [9.17, 15) is 14.0 Å². The first kappa shape index (κ1) is 19.3. The van der Waals surface area contributed by atoms with Gasteiger partial charge in [-0.15, -0.1) is 0 Å². The van der Waals surface area contributed by atoms with Gasteiger partial charge in [0.2, 0.25) is 0 Å². The van der Waals surface area contributed by atoms with Crippen LogP contribution in [-0.4, -0.2) is 11.8 Å². The summed E-state index contributed by atoms with van der Waals surface area (Å²) in [4.78, 5) is 24.7. The highest BCUT2D eigenvalue weighted by atomic mass is 19.1. The van der Waals surface area contributed by atoms with Crippen molar-refractivity contribution in [3.8, 4) is 0 Å². The molecule has 0 aromatic heterocycles. The minimum Gasteiger partial charge on any atom is -0.348 e. The maximum Gasteiger partial charge on any atom is 0.255 e. The number of amides is 2. The van der Waals surface area contributed by atoms with Crippen molar-refractivity contribution >= 4 is 17.5 Å². The molecule has 0 heterocycles. The molecule has 0 radical (unpaired) electrons. The predicted molar refractivity (Wildman–Crippen MR) is 108 cm³/mol. The van der Waals surface area contributed by atoms with Gasteiger partial charge >= 0.3 is 0 Å². The molecule has 4 nitrogen and oxygen atoms in total. The molecule has 28 heavy (non-hydrogen) atoms. The normalized spacial score (nSPS) is 10.4. The molecule has 0 aliphatic rings. The molecule has 0 bridgehead atoms. The van der Waals surface area contributed by atoms with E-state index in [4.69, 9.17) is 0 Å². The maximum atomic E-state index is 12.9. The van der Waals surface area contributed by atoms with Crippen LogP contribution in [-0.2, 0) is 6.54 Å². The van der Waals surface area contributed by atoms with E-state index in [1.54, 1.807) is 36.4 Å². The molecule has 0 unspecified atom stereocenters. The van der Waals surface area contributed by atoms with E-state index < -0.39 is 0 Å². The van der Waals surface area contributed by atoms with Crippen molar-refractivity contribution in [1.82, 2.24) is 5.32 Å². The highest BCUT2D eigenvalue weighted by Gasteiger charge is 2.10. The molecule has 0 fully saturated rings. The number of hydrogen-bond donors (Lipinski definition) is 2. The lowest BCUT2D eigenvalue weighted by Gasteiger charge is -2.09. The monoisotopic (exact) mass is 376 g/mol. The molecule has 0 atom stereocenters. The second-order valence-corrected chi connectivity index (χ2v) is 6.72. The molecule has 0 spiro atoms. The maximum absolute atomic E-state index is 12.9. The van der Waals surface area contributed by atoms with Crippen molar-refractivity contribution in [2.24, 2.45) is 0 Å². The van der Waals surface area contributed by atoms with Crippen LogP contribution in [0, 0.1) is 19.7 Å². The Bertz CT molecular complexity index is 976. The molecule has 5 heteroatoms. The summed E-state index contributed by atoms with van der Waals surface area (Å²) >= 11 is 0. The molecular formula is C23H21FN2O2. The third-order valence-electron chi connectivity index (χ3n) is 4.26. The van der Waals surface area contributed by atoms with Gasteiger partial charge in [-0.1, -0.05) is 18.2 Å². The van der Waals surface area contributed by atoms with Gasteiger partial charge in [-0.3, -0.25) is 9.59 Å². The van der Waals surface area contributed by atoms with Crippen LogP contribution in [0.4, 0.5) is 10.1 Å². The van der Waals surface area contributed by atoms with Crippen LogP contribution in [0.15, 0.2) is 66.7 Å².